The minimum absolute atomic E-state index is 0.530. The van der Waals surface area contributed by atoms with Crippen LogP contribution in [0.15, 0.2) is 58.6 Å². The molecule has 3 rings (SSSR count). The van der Waals surface area contributed by atoms with Gasteiger partial charge in [-0.25, -0.2) is 4.52 Å². The van der Waals surface area contributed by atoms with Gasteiger partial charge in [0.1, 0.15) is 12.1 Å². The first-order chi connectivity index (χ1) is 9.83. The summed E-state index contributed by atoms with van der Waals surface area (Å²) in [5, 5.41) is 22.4. The Morgan fingerprint density at radius 2 is 1.70 bits per heavy atom. The van der Waals surface area contributed by atoms with Gasteiger partial charge >= 0.3 is 0 Å². The maximum atomic E-state index is 9.15. The lowest BCUT2D eigenvalue weighted by atomic mass is 10.2. The fourth-order valence-electron chi connectivity index (χ4n) is 1.94. The first-order valence-corrected chi connectivity index (χ1v) is 6.68. The first kappa shape index (κ1) is 12.3. The molecule has 5 heteroatoms. The summed E-state index contributed by atoms with van der Waals surface area (Å²) in [6.45, 7) is 0. The Balaban J connectivity index is 2.14. The molecule has 0 saturated carbocycles. The van der Waals surface area contributed by atoms with E-state index >= 15 is 0 Å². The fourth-order valence-corrected chi connectivity index (χ4v) is 3.00. The number of aromatic nitrogens is 2. The van der Waals surface area contributed by atoms with Crippen molar-refractivity contribution in [2.75, 3.05) is 0 Å². The van der Waals surface area contributed by atoms with Gasteiger partial charge in [0, 0.05) is 16.0 Å². The van der Waals surface area contributed by atoms with E-state index in [9.17, 15) is 0 Å². The van der Waals surface area contributed by atoms with E-state index < -0.39 is 0 Å². The molecule has 0 aliphatic carbocycles. The van der Waals surface area contributed by atoms with Gasteiger partial charge in [0.2, 0.25) is 0 Å². The summed E-state index contributed by atoms with van der Waals surface area (Å²) in [6, 6.07) is 15.5. The molecule has 0 atom stereocenters. The van der Waals surface area contributed by atoms with Crippen LogP contribution in [-0.2, 0) is 0 Å². The lowest BCUT2D eigenvalue weighted by molar-refractivity contribution is 0.949. The molecule has 4 nitrogen and oxygen atoms in total. The van der Waals surface area contributed by atoms with Crippen molar-refractivity contribution in [1.29, 1.82) is 10.5 Å². The van der Waals surface area contributed by atoms with E-state index in [1.165, 1.54) is 11.8 Å². The second-order valence-electron chi connectivity index (χ2n) is 4.05. The van der Waals surface area contributed by atoms with Crippen molar-refractivity contribution in [3.63, 3.8) is 0 Å². The SMILES string of the molecule is N#Cc1ccccc1Sc1cccn2ncc(C#N)c12. The monoisotopic (exact) mass is 276 g/mol. The molecular weight excluding hydrogens is 268 g/mol. The Hall–Kier alpha value is -2.76. The van der Waals surface area contributed by atoms with Gasteiger partial charge in [0.25, 0.3) is 0 Å². The minimum atomic E-state index is 0.530. The summed E-state index contributed by atoms with van der Waals surface area (Å²) in [4.78, 5) is 1.78. The molecular formula is C15H8N4S. The van der Waals surface area contributed by atoms with Crippen LogP contribution in [0.2, 0.25) is 0 Å². The van der Waals surface area contributed by atoms with E-state index in [0.717, 1.165) is 15.3 Å². The van der Waals surface area contributed by atoms with E-state index in [4.69, 9.17) is 10.5 Å². The molecule has 0 aliphatic rings. The Morgan fingerprint density at radius 3 is 2.50 bits per heavy atom. The summed E-state index contributed by atoms with van der Waals surface area (Å²) < 4.78 is 1.68. The Labute approximate surface area is 119 Å². The van der Waals surface area contributed by atoms with Crippen LogP contribution in [0.5, 0.6) is 0 Å². The lowest BCUT2D eigenvalue weighted by Gasteiger charge is -2.05. The smallest absolute Gasteiger partial charge is 0.103 e. The maximum Gasteiger partial charge on any atom is 0.103 e. The molecule has 0 spiro atoms. The molecule has 0 aliphatic heterocycles. The van der Waals surface area contributed by atoms with Crippen LogP contribution in [0.25, 0.3) is 5.52 Å². The van der Waals surface area contributed by atoms with Crippen molar-refractivity contribution in [3.05, 3.63) is 59.9 Å². The predicted molar refractivity (Wildman–Crippen MR) is 75.2 cm³/mol. The third kappa shape index (κ3) is 2.01. The van der Waals surface area contributed by atoms with E-state index in [0.29, 0.717) is 11.1 Å². The molecule has 0 amide bonds. The van der Waals surface area contributed by atoms with Crippen LogP contribution in [0.3, 0.4) is 0 Å². The summed E-state index contributed by atoms with van der Waals surface area (Å²) in [7, 11) is 0. The number of hydrogen-bond donors (Lipinski definition) is 0. The third-order valence-corrected chi connectivity index (χ3v) is 3.98. The van der Waals surface area contributed by atoms with Crippen LogP contribution < -0.4 is 0 Å². The summed E-state index contributed by atoms with van der Waals surface area (Å²) in [6.07, 6.45) is 3.35. The van der Waals surface area contributed by atoms with E-state index in [1.807, 2.05) is 30.3 Å². The zero-order valence-corrected chi connectivity index (χ0v) is 11.1. The standard InChI is InChI=1S/C15H8N4S/c16-8-11-4-1-2-5-13(11)20-14-6-3-7-19-15(14)12(9-17)10-18-19/h1-7,10H. The molecule has 0 bridgehead atoms. The van der Waals surface area contributed by atoms with Crippen LogP contribution in [0.1, 0.15) is 11.1 Å². The Kier molecular flexibility index (Phi) is 3.12. The Bertz CT molecular complexity index is 867. The summed E-state index contributed by atoms with van der Waals surface area (Å²) in [5.41, 5.74) is 1.92. The third-order valence-electron chi connectivity index (χ3n) is 2.85. The largest absolute Gasteiger partial charge is 0.238 e. The van der Waals surface area contributed by atoms with Crippen LogP contribution in [0.4, 0.5) is 0 Å². The highest BCUT2D eigenvalue weighted by atomic mass is 32.2. The van der Waals surface area contributed by atoms with Gasteiger partial charge in [-0.3, -0.25) is 0 Å². The number of hydrogen-bond acceptors (Lipinski definition) is 4. The topological polar surface area (TPSA) is 64.9 Å². The molecule has 0 saturated heterocycles. The first-order valence-electron chi connectivity index (χ1n) is 5.87. The molecule has 2 heterocycles. The zero-order chi connectivity index (χ0) is 13.9. The van der Waals surface area contributed by atoms with Crippen LogP contribution >= 0.6 is 11.8 Å². The highest BCUT2D eigenvalue weighted by Crippen LogP contribution is 2.33. The van der Waals surface area contributed by atoms with Gasteiger partial charge < -0.3 is 0 Å². The van der Waals surface area contributed by atoms with Crippen molar-refractivity contribution in [2.45, 2.75) is 9.79 Å². The number of rotatable bonds is 2. The van der Waals surface area contributed by atoms with E-state index in [-0.39, 0.29) is 0 Å². The number of nitriles is 2. The maximum absolute atomic E-state index is 9.15. The Morgan fingerprint density at radius 1 is 0.950 bits per heavy atom. The van der Waals surface area contributed by atoms with Crippen molar-refractivity contribution in [3.8, 4) is 12.1 Å². The van der Waals surface area contributed by atoms with Gasteiger partial charge in [0.05, 0.1) is 22.8 Å². The van der Waals surface area contributed by atoms with Gasteiger partial charge in [0.15, 0.2) is 0 Å². The molecule has 3 aromatic rings. The van der Waals surface area contributed by atoms with Crippen molar-refractivity contribution >= 4 is 17.3 Å². The second-order valence-corrected chi connectivity index (χ2v) is 5.13. The molecule has 20 heavy (non-hydrogen) atoms. The number of benzene rings is 1. The van der Waals surface area contributed by atoms with E-state index in [2.05, 4.69) is 17.2 Å². The van der Waals surface area contributed by atoms with Crippen LogP contribution in [0, 0.1) is 22.7 Å². The summed E-state index contributed by atoms with van der Waals surface area (Å²) in [5.74, 6) is 0. The highest BCUT2D eigenvalue weighted by molar-refractivity contribution is 7.99. The summed E-state index contributed by atoms with van der Waals surface area (Å²) >= 11 is 1.47. The van der Waals surface area contributed by atoms with Crippen molar-refractivity contribution in [2.24, 2.45) is 0 Å². The highest BCUT2D eigenvalue weighted by Gasteiger charge is 2.11. The molecule has 0 radical (unpaired) electrons. The van der Waals surface area contributed by atoms with Gasteiger partial charge in [-0.2, -0.15) is 15.6 Å². The number of pyridine rings is 1. The number of nitrogens with zero attached hydrogens (tertiary/aromatic N) is 4. The lowest BCUT2D eigenvalue weighted by Crippen LogP contribution is -1.89. The minimum Gasteiger partial charge on any atom is -0.238 e. The normalized spacial score (nSPS) is 10.1. The second kappa shape index (κ2) is 5.08. The molecule has 0 N–H and O–H groups in total. The molecule has 94 valence electrons. The van der Waals surface area contributed by atoms with Crippen molar-refractivity contribution in [1.82, 2.24) is 9.61 Å². The fraction of sp³-hybridized carbons (Fsp3) is 0. The van der Waals surface area contributed by atoms with Gasteiger partial charge in [-0.05, 0) is 24.3 Å². The molecule has 2 aromatic heterocycles. The van der Waals surface area contributed by atoms with Crippen LogP contribution in [-0.4, -0.2) is 9.61 Å². The van der Waals surface area contributed by atoms with E-state index in [1.54, 1.807) is 23.0 Å². The van der Waals surface area contributed by atoms with Gasteiger partial charge in [-0.15, -0.1) is 0 Å². The van der Waals surface area contributed by atoms with Gasteiger partial charge in [-0.1, -0.05) is 23.9 Å². The zero-order valence-electron chi connectivity index (χ0n) is 10.3. The average Bonchev–Trinajstić information content (AvgIpc) is 2.92. The quantitative estimate of drug-likeness (QED) is 0.720. The average molecular weight is 276 g/mol. The number of fused-ring (bicyclic) bond motifs is 1. The molecule has 0 fully saturated rings. The predicted octanol–water partition coefficient (Wildman–Crippen LogP) is 3.23. The molecule has 1 aromatic carbocycles. The van der Waals surface area contributed by atoms with Crippen molar-refractivity contribution < 1.29 is 0 Å². The molecule has 0 unspecified atom stereocenters.